The van der Waals surface area contributed by atoms with Crippen molar-refractivity contribution < 1.29 is 33.5 Å². The molecule has 0 unspecified atom stereocenters. The van der Waals surface area contributed by atoms with Crippen LogP contribution in [-0.2, 0) is 23.7 Å². The Labute approximate surface area is 171 Å². The molecule has 3 aliphatic rings. The van der Waals surface area contributed by atoms with E-state index in [2.05, 4.69) is 5.32 Å². The summed E-state index contributed by atoms with van der Waals surface area (Å²) in [5.41, 5.74) is -0.690. The van der Waals surface area contributed by atoms with Gasteiger partial charge in [-0.15, -0.1) is 0 Å². The molecule has 12 nitrogen and oxygen atoms in total. The van der Waals surface area contributed by atoms with E-state index in [0.29, 0.717) is 0 Å². The number of nitrogens with zero attached hydrogens (tertiary/aromatic N) is 2. The number of hydrogen-bond acceptors (Lipinski definition) is 10. The van der Waals surface area contributed by atoms with E-state index in [-0.39, 0.29) is 18.0 Å². The molecule has 0 aliphatic carbocycles. The van der Waals surface area contributed by atoms with E-state index in [4.69, 9.17) is 23.7 Å². The van der Waals surface area contributed by atoms with E-state index in [1.165, 1.54) is 12.1 Å². The largest absolute Gasteiger partial charge is 0.371 e. The third-order valence-corrected chi connectivity index (χ3v) is 5.20. The number of nitro groups is 2. The number of nitrogens with one attached hydrogen (secondary N) is 1. The van der Waals surface area contributed by atoms with Gasteiger partial charge in [0.25, 0.3) is 11.4 Å². The number of ether oxygens (including phenoxy) is 5. The van der Waals surface area contributed by atoms with Gasteiger partial charge in [-0.25, -0.2) is 0 Å². The van der Waals surface area contributed by atoms with Crippen molar-refractivity contribution in [2.45, 2.75) is 69.9 Å². The van der Waals surface area contributed by atoms with Crippen LogP contribution in [0.3, 0.4) is 0 Å². The third-order valence-electron chi connectivity index (χ3n) is 5.20. The van der Waals surface area contributed by atoms with Gasteiger partial charge in [0, 0.05) is 6.07 Å². The van der Waals surface area contributed by atoms with Gasteiger partial charge in [-0.2, -0.15) is 0 Å². The van der Waals surface area contributed by atoms with Crippen LogP contribution >= 0.6 is 0 Å². The highest BCUT2D eigenvalue weighted by molar-refractivity contribution is 5.66. The van der Waals surface area contributed by atoms with Crippen molar-refractivity contribution in [3.63, 3.8) is 0 Å². The van der Waals surface area contributed by atoms with E-state index >= 15 is 0 Å². The Bertz CT molecular complexity index is 874. The number of anilines is 1. The zero-order chi connectivity index (χ0) is 21.8. The van der Waals surface area contributed by atoms with Crippen LogP contribution in [0.2, 0.25) is 0 Å². The van der Waals surface area contributed by atoms with Crippen molar-refractivity contribution in [1.82, 2.24) is 0 Å². The Kier molecular flexibility index (Phi) is 4.94. The van der Waals surface area contributed by atoms with Gasteiger partial charge in [0.15, 0.2) is 17.9 Å². The van der Waals surface area contributed by atoms with Crippen molar-refractivity contribution in [3.05, 3.63) is 38.4 Å². The maximum atomic E-state index is 11.5. The molecular formula is C18H23N3O9. The molecule has 1 aromatic carbocycles. The summed E-state index contributed by atoms with van der Waals surface area (Å²) in [6, 6.07) is 2.84. The van der Waals surface area contributed by atoms with Gasteiger partial charge in [0.1, 0.15) is 24.0 Å². The lowest BCUT2D eigenvalue weighted by molar-refractivity contribution is -0.393. The van der Waals surface area contributed by atoms with E-state index in [0.717, 1.165) is 6.07 Å². The van der Waals surface area contributed by atoms with Gasteiger partial charge in [0.2, 0.25) is 0 Å². The Hall–Kier alpha value is -2.38. The van der Waals surface area contributed by atoms with E-state index < -0.39 is 57.8 Å². The van der Waals surface area contributed by atoms with Crippen LogP contribution in [0, 0.1) is 20.2 Å². The predicted molar refractivity (Wildman–Crippen MR) is 101 cm³/mol. The third kappa shape index (κ3) is 3.84. The van der Waals surface area contributed by atoms with Crippen LogP contribution in [0.25, 0.3) is 0 Å². The molecule has 30 heavy (non-hydrogen) atoms. The molecule has 3 heterocycles. The normalized spacial score (nSPS) is 33.9. The molecule has 3 saturated heterocycles. The Morgan fingerprint density at radius 2 is 1.73 bits per heavy atom. The number of benzene rings is 1. The smallest absolute Gasteiger partial charge is 0.299 e. The monoisotopic (exact) mass is 425 g/mol. The van der Waals surface area contributed by atoms with Crippen molar-refractivity contribution >= 4 is 17.1 Å². The molecule has 0 amide bonds. The second-order valence-corrected chi connectivity index (χ2v) is 8.32. The Morgan fingerprint density at radius 3 is 2.33 bits per heavy atom. The van der Waals surface area contributed by atoms with Crippen LogP contribution < -0.4 is 5.32 Å². The van der Waals surface area contributed by atoms with E-state index in [1.54, 1.807) is 27.7 Å². The number of nitro benzene ring substituents is 2. The summed E-state index contributed by atoms with van der Waals surface area (Å²) < 4.78 is 29.4. The standard InChI is InChI=1S/C18H23N3O9/c1-17(2)26-8-12(28-17)14-13(15-16(27-14)30-18(3,4)29-15)19-10-6-5-9(20(22)23)7-11(10)21(24)25/h5-7,12-16,19H,8H2,1-4H3/t12-,13+,14-,15-,16-/m1/s1. The molecule has 12 heteroatoms. The first-order valence-electron chi connectivity index (χ1n) is 9.48. The van der Waals surface area contributed by atoms with Crippen LogP contribution in [-0.4, -0.2) is 58.7 Å². The number of hydrogen-bond donors (Lipinski definition) is 1. The molecule has 0 bridgehead atoms. The highest BCUT2D eigenvalue weighted by atomic mass is 16.8. The molecule has 0 radical (unpaired) electrons. The molecule has 4 rings (SSSR count). The fraction of sp³-hybridized carbons (Fsp3) is 0.667. The molecule has 3 fully saturated rings. The zero-order valence-electron chi connectivity index (χ0n) is 16.9. The van der Waals surface area contributed by atoms with E-state index in [1.807, 2.05) is 0 Å². The maximum absolute atomic E-state index is 11.5. The molecule has 0 spiro atoms. The number of rotatable bonds is 5. The lowest BCUT2D eigenvalue weighted by Gasteiger charge is -2.30. The second kappa shape index (κ2) is 7.10. The van der Waals surface area contributed by atoms with Gasteiger partial charge in [-0.3, -0.25) is 20.2 Å². The molecule has 0 aromatic heterocycles. The van der Waals surface area contributed by atoms with Gasteiger partial charge < -0.3 is 29.0 Å². The van der Waals surface area contributed by atoms with Crippen LogP contribution in [0.4, 0.5) is 17.1 Å². The second-order valence-electron chi connectivity index (χ2n) is 8.32. The van der Waals surface area contributed by atoms with Crippen molar-refractivity contribution in [3.8, 4) is 0 Å². The SMILES string of the molecule is CC1(C)O[C@H]2O[C@H]([C@H]3COC(C)(C)O3)[C@H](Nc3ccc([N+](=O)[O-])cc3[N+](=O)[O-])[C@H]2O1. The van der Waals surface area contributed by atoms with E-state index in [9.17, 15) is 20.2 Å². The summed E-state index contributed by atoms with van der Waals surface area (Å²) in [6.45, 7) is 7.31. The highest BCUT2D eigenvalue weighted by Crippen LogP contribution is 2.42. The average molecular weight is 425 g/mol. The van der Waals surface area contributed by atoms with Crippen LogP contribution in [0.5, 0.6) is 0 Å². The minimum atomic E-state index is -0.895. The van der Waals surface area contributed by atoms with Gasteiger partial charge >= 0.3 is 0 Å². The van der Waals surface area contributed by atoms with Gasteiger partial charge in [-0.05, 0) is 33.8 Å². The molecular weight excluding hydrogens is 402 g/mol. The summed E-state index contributed by atoms with van der Waals surface area (Å²) in [5, 5.41) is 25.6. The lowest BCUT2D eigenvalue weighted by atomic mass is 10.0. The first-order chi connectivity index (χ1) is 14.0. The van der Waals surface area contributed by atoms with Crippen molar-refractivity contribution in [2.75, 3.05) is 11.9 Å². The average Bonchev–Trinajstić information content (AvgIpc) is 3.25. The quantitative estimate of drug-likeness (QED) is 0.551. The predicted octanol–water partition coefficient (Wildman–Crippen LogP) is 2.31. The topological polar surface area (TPSA) is 144 Å². The first kappa shape index (κ1) is 20.9. The Balaban J connectivity index is 1.65. The zero-order valence-corrected chi connectivity index (χ0v) is 16.9. The minimum absolute atomic E-state index is 0.108. The molecule has 1 aromatic rings. The van der Waals surface area contributed by atoms with Gasteiger partial charge in [0.05, 0.1) is 28.6 Å². The summed E-state index contributed by atoms with van der Waals surface area (Å²) in [4.78, 5) is 21.2. The summed E-state index contributed by atoms with van der Waals surface area (Å²) >= 11 is 0. The summed E-state index contributed by atoms with van der Waals surface area (Å²) in [5.74, 6) is -1.69. The lowest BCUT2D eigenvalue weighted by Crippen LogP contribution is -2.47. The molecule has 1 N–H and O–H groups in total. The molecule has 0 saturated carbocycles. The van der Waals surface area contributed by atoms with Crippen LogP contribution in [0.1, 0.15) is 27.7 Å². The summed E-state index contributed by atoms with van der Waals surface area (Å²) in [7, 11) is 0. The molecule has 5 atom stereocenters. The highest BCUT2D eigenvalue weighted by Gasteiger charge is 2.58. The van der Waals surface area contributed by atoms with Crippen molar-refractivity contribution in [2.24, 2.45) is 0 Å². The molecule has 3 aliphatic heterocycles. The first-order valence-corrected chi connectivity index (χ1v) is 9.48. The number of fused-ring (bicyclic) bond motifs is 1. The Morgan fingerprint density at radius 1 is 1.00 bits per heavy atom. The maximum Gasteiger partial charge on any atom is 0.299 e. The number of non-ortho nitro benzene ring substituents is 1. The fourth-order valence-electron chi connectivity index (χ4n) is 3.98. The van der Waals surface area contributed by atoms with Crippen LogP contribution in [0.15, 0.2) is 18.2 Å². The van der Waals surface area contributed by atoms with Crippen molar-refractivity contribution in [1.29, 1.82) is 0 Å². The fourth-order valence-corrected chi connectivity index (χ4v) is 3.98. The molecule has 164 valence electrons. The van der Waals surface area contributed by atoms with Gasteiger partial charge in [-0.1, -0.05) is 0 Å². The summed E-state index contributed by atoms with van der Waals surface area (Å²) in [6.07, 6.45) is -2.33. The minimum Gasteiger partial charge on any atom is -0.371 e.